The fourth-order valence-electron chi connectivity index (χ4n) is 1.46. The van der Waals surface area contributed by atoms with Gasteiger partial charge >= 0.3 is 7.82 Å². The Balaban J connectivity index is 2.75. The molecule has 1 saturated carbocycles. The van der Waals surface area contributed by atoms with Crippen molar-refractivity contribution >= 4 is 7.82 Å². The van der Waals surface area contributed by atoms with Crippen LogP contribution < -0.4 is 0 Å². The zero-order valence-corrected chi connectivity index (χ0v) is 8.44. The second-order valence-corrected chi connectivity index (χ2v) is 4.60. The van der Waals surface area contributed by atoms with Crippen LogP contribution in [0.25, 0.3) is 0 Å². The number of phosphoric acid groups is 1. The average molecular weight is 244 g/mol. The van der Waals surface area contributed by atoms with Gasteiger partial charge in [-0.05, 0) is 0 Å². The van der Waals surface area contributed by atoms with Crippen molar-refractivity contribution in [3.8, 4) is 0 Å². The van der Waals surface area contributed by atoms with Crippen molar-refractivity contribution in [2.24, 2.45) is 0 Å². The van der Waals surface area contributed by atoms with Crippen molar-refractivity contribution in [3.63, 3.8) is 0 Å². The maximum atomic E-state index is 10.5. The first kappa shape index (κ1) is 13.0. The lowest BCUT2D eigenvalue weighted by Crippen LogP contribution is -2.56. The normalized spacial score (nSPS) is 42.9. The minimum atomic E-state index is -4.87. The van der Waals surface area contributed by atoms with Crippen molar-refractivity contribution in [1.82, 2.24) is 0 Å². The molecule has 8 nitrogen and oxygen atoms in total. The summed E-state index contributed by atoms with van der Waals surface area (Å²) < 4.78 is 14.6. The fourth-order valence-corrected chi connectivity index (χ4v) is 2.04. The van der Waals surface area contributed by atoms with Crippen LogP contribution in [0.1, 0.15) is 6.42 Å². The molecule has 0 bridgehead atoms. The molecular weight excluding hydrogens is 231 g/mol. The first-order valence-electron chi connectivity index (χ1n) is 4.18. The highest BCUT2D eigenvalue weighted by atomic mass is 31.2. The monoisotopic (exact) mass is 244 g/mol. The van der Waals surface area contributed by atoms with Crippen LogP contribution in [0.2, 0.25) is 0 Å². The second kappa shape index (κ2) is 4.44. The summed E-state index contributed by atoms with van der Waals surface area (Å²) in [6.07, 6.45) is -8.12. The van der Waals surface area contributed by atoms with Crippen molar-refractivity contribution in [3.05, 3.63) is 0 Å². The summed E-state index contributed by atoms with van der Waals surface area (Å²) >= 11 is 0. The van der Waals surface area contributed by atoms with Crippen LogP contribution in [0.4, 0.5) is 0 Å². The van der Waals surface area contributed by atoms with Gasteiger partial charge < -0.3 is 30.2 Å². The minimum Gasteiger partial charge on any atom is -0.390 e. The Labute approximate surface area is 85.0 Å². The fraction of sp³-hybridized carbons (Fsp3) is 1.00. The Bertz CT molecular complexity index is 264. The molecule has 0 radical (unpaired) electrons. The maximum Gasteiger partial charge on any atom is 0.470 e. The molecule has 0 aromatic heterocycles. The van der Waals surface area contributed by atoms with E-state index in [1.54, 1.807) is 0 Å². The summed E-state index contributed by atoms with van der Waals surface area (Å²) in [5.41, 5.74) is 0. The molecule has 0 amide bonds. The van der Waals surface area contributed by atoms with E-state index in [2.05, 4.69) is 4.52 Å². The van der Waals surface area contributed by atoms with Gasteiger partial charge in [-0.1, -0.05) is 0 Å². The van der Waals surface area contributed by atoms with E-state index in [0.29, 0.717) is 0 Å². The number of aliphatic hydroxyl groups excluding tert-OH is 4. The predicted molar refractivity (Wildman–Crippen MR) is 45.6 cm³/mol. The molecule has 90 valence electrons. The summed E-state index contributed by atoms with van der Waals surface area (Å²) in [6, 6.07) is 0. The Morgan fingerprint density at radius 1 is 1.00 bits per heavy atom. The van der Waals surface area contributed by atoms with Gasteiger partial charge in [0.1, 0.15) is 18.3 Å². The van der Waals surface area contributed by atoms with Gasteiger partial charge in [0.25, 0.3) is 0 Å². The van der Waals surface area contributed by atoms with Gasteiger partial charge in [-0.15, -0.1) is 0 Å². The van der Waals surface area contributed by atoms with Crippen LogP contribution in [0, 0.1) is 0 Å². The third-order valence-electron chi connectivity index (χ3n) is 2.20. The molecule has 5 atom stereocenters. The molecule has 9 heteroatoms. The lowest BCUT2D eigenvalue weighted by molar-refractivity contribution is -0.172. The molecule has 1 aliphatic carbocycles. The largest absolute Gasteiger partial charge is 0.470 e. The van der Waals surface area contributed by atoms with Gasteiger partial charge in [0.05, 0.1) is 12.2 Å². The summed E-state index contributed by atoms with van der Waals surface area (Å²) in [5.74, 6) is 0. The van der Waals surface area contributed by atoms with Crippen molar-refractivity contribution in [1.29, 1.82) is 0 Å². The van der Waals surface area contributed by atoms with Gasteiger partial charge in [0.2, 0.25) is 0 Å². The Kier molecular flexibility index (Phi) is 3.85. The average Bonchev–Trinajstić information content (AvgIpc) is 2.07. The molecule has 1 aliphatic rings. The summed E-state index contributed by atoms with van der Waals surface area (Å²) in [4.78, 5) is 17.0. The molecule has 1 rings (SSSR count). The van der Waals surface area contributed by atoms with Crippen LogP contribution in [0.5, 0.6) is 0 Å². The lowest BCUT2D eigenvalue weighted by Gasteiger charge is -2.37. The Morgan fingerprint density at radius 2 is 1.53 bits per heavy atom. The zero-order valence-electron chi connectivity index (χ0n) is 7.54. The predicted octanol–water partition coefficient (Wildman–Crippen LogP) is -2.69. The van der Waals surface area contributed by atoms with Crippen molar-refractivity contribution in [2.45, 2.75) is 36.9 Å². The summed E-state index contributed by atoms with van der Waals surface area (Å²) in [6.45, 7) is 0. The van der Waals surface area contributed by atoms with Crippen LogP contribution in [-0.2, 0) is 9.09 Å². The van der Waals surface area contributed by atoms with E-state index in [4.69, 9.17) is 14.9 Å². The van der Waals surface area contributed by atoms with Gasteiger partial charge in [-0.3, -0.25) is 4.52 Å². The van der Waals surface area contributed by atoms with Gasteiger partial charge in [0.15, 0.2) is 0 Å². The summed E-state index contributed by atoms with van der Waals surface area (Å²) in [7, 11) is -4.87. The number of hydrogen-bond donors (Lipinski definition) is 6. The van der Waals surface area contributed by atoms with Gasteiger partial charge in [0, 0.05) is 6.42 Å². The van der Waals surface area contributed by atoms with E-state index < -0.39 is 38.3 Å². The molecule has 0 aromatic carbocycles. The highest BCUT2D eigenvalue weighted by molar-refractivity contribution is 7.46. The standard InChI is InChI=1S/C6H13O8P/c7-2-1-3(8)6(5(10)4(2)9)14-15(11,12)13/h2-10H,1H2,(H2,11,12,13)/t2-,3-,4+,5+,6-/m1/s1. The SMILES string of the molecule is O=P(O)(O)O[C@H]1[C@@H](O)[C@@H](O)[C@H](O)C[C@H]1O. The summed E-state index contributed by atoms with van der Waals surface area (Å²) in [5, 5.41) is 36.9. The van der Waals surface area contributed by atoms with E-state index in [1.165, 1.54) is 0 Å². The molecule has 0 aliphatic heterocycles. The number of hydrogen-bond acceptors (Lipinski definition) is 6. The molecule has 1 fully saturated rings. The quantitative estimate of drug-likeness (QED) is 0.288. The number of aliphatic hydroxyl groups is 4. The van der Waals surface area contributed by atoms with Crippen LogP contribution in [0.3, 0.4) is 0 Å². The molecule has 6 N–H and O–H groups in total. The molecule has 0 spiro atoms. The zero-order chi connectivity index (χ0) is 11.8. The number of rotatable bonds is 2. The Hall–Kier alpha value is -0.0500. The molecular formula is C6H13O8P. The first-order valence-corrected chi connectivity index (χ1v) is 5.71. The third-order valence-corrected chi connectivity index (χ3v) is 2.72. The van der Waals surface area contributed by atoms with E-state index in [-0.39, 0.29) is 6.42 Å². The van der Waals surface area contributed by atoms with Crippen molar-refractivity contribution in [2.75, 3.05) is 0 Å². The highest BCUT2D eigenvalue weighted by Gasteiger charge is 2.45. The lowest BCUT2D eigenvalue weighted by atomic mass is 9.87. The van der Waals surface area contributed by atoms with Gasteiger partial charge in [-0.25, -0.2) is 4.57 Å². The number of phosphoric ester groups is 1. The highest BCUT2D eigenvalue weighted by Crippen LogP contribution is 2.41. The van der Waals surface area contributed by atoms with E-state index in [0.717, 1.165) is 0 Å². The molecule has 0 heterocycles. The smallest absolute Gasteiger partial charge is 0.390 e. The van der Waals surface area contributed by atoms with Gasteiger partial charge in [-0.2, -0.15) is 0 Å². The minimum absolute atomic E-state index is 0.330. The molecule has 0 unspecified atom stereocenters. The third kappa shape index (κ3) is 3.20. The first-order chi connectivity index (χ1) is 6.72. The van der Waals surface area contributed by atoms with E-state index >= 15 is 0 Å². The molecule has 15 heavy (non-hydrogen) atoms. The van der Waals surface area contributed by atoms with E-state index in [1.807, 2.05) is 0 Å². The van der Waals surface area contributed by atoms with Crippen LogP contribution in [0.15, 0.2) is 0 Å². The Morgan fingerprint density at radius 3 is 2.00 bits per heavy atom. The molecule has 0 aromatic rings. The van der Waals surface area contributed by atoms with Crippen molar-refractivity contribution < 1.29 is 39.3 Å². The van der Waals surface area contributed by atoms with E-state index in [9.17, 15) is 19.9 Å². The van der Waals surface area contributed by atoms with Crippen LogP contribution in [-0.4, -0.2) is 60.7 Å². The van der Waals surface area contributed by atoms with Crippen LogP contribution >= 0.6 is 7.82 Å². The maximum absolute atomic E-state index is 10.5. The molecule has 0 saturated heterocycles. The second-order valence-electron chi connectivity index (χ2n) is 3.41. The topological polar surface area (TPSA) is 148 Å².